The van der Waals surface area contributed by atoms with Crippen molar-refractivity contribution in [2.45, 2.75) is 71.1 Å². The van der Waals surface area contributed by atoms with Crippen molar-refractivity contribution in [3.05, 3.63) is 6.92 Å². The van der Waals surface area contributed by atoms with Crippen molar-refractivity contribution < 1.29 is 94.2 Å². The Morgan fingerprint density at radius 1 is 0.750 bits per heavy atom. The summed E-state index contributed by atoms with van der Waals surface area (Å²) in [6, 6.07) is 0. The van der Waals surface area contributed by atoms with Crippen LogP contribution in [-0.2, 0) is 20.8 Å². The van der Waals surface area contributed by atoms with E-state index in [4.69, 9.17) is 35.0 Å². The van der Waals surface area contributed by atoms with E-state index in [0.717, 1.165) is 6.42 Å². The van der Waals surface area contributed by atoms with Crippen molar-refractivity contribution in [1.82, 2.24) is 0 Å². The molecule has 0 aliphatic carbocycles. The summed E-state index contributed by atoms with van der Waals surface area (Å²) in [7, 11) is -9.58. The first-order valence-electron chi connectivity index (χ1n) is 7.09. The zero-order valence-corrected chi connectivity index (χ0v) is 20.6. The van der Waals surface area contributed by atoms with Gasteiger partial charge in [-0.1, -0.05) is 64.7 Å². The standard InChI is InChI=1S/C12H25.2Na.2H2O4S/c1-3-5-7-9-11-12-10-8-6-4-2;;;2*1-5(2,3)4/h1,3-12H2,2H3;;;2*(H2,1,2,3,4)/q-1;2*+1;;/p-1. The molecule has 138 valence electrons. The van der Waals surface area contributed by atoms with Gasteiger partial charge in [0, 0.05) is 0 Å². The SMILES string of the molecule is O=S(=O)(O)O.O=S(=O)([O-])O.[CH2-]CCCCCCCCCCC.[Na+].[Na+]. The Morgan fingerprint density at radius 3 is 1.17 bits per heavy atom. The molecule has 8 nitrogen and oxygen atoms in total. The molecule has 0 aliphatic rings. The molecule has 3 N–H and O–H groups in total. The van der Waals surface area contributed by atoms with E-state index in [1.165, 1.54) is 57.8 Å². The molecule has 0 fully saturated rings. The molecule has 0 atom stereocenters. The molecule has 0 unspecified atom stereocenters. The third kappa shape index (κ3) is 106. The van der Waals surface area contributed by atoms with Gasteiger partial charge in [0.15, 0.2) is 0 Å². The summed E-state index contributed by atoms with van der Waals surface area (Å²) < 4.78 is 64.4. The molecule has 0 amide bonds. The summed E-state index contributed by atoms with van der Waals surface area (Å²) >= 11 is 0. The molecule has 0 aromatic rings. The Balaban J connectivity index is -0.0000000847. The van der Waals surface area contributed by atoms with Crippen molar-refractivity contribution in [1.29, 1.82) is 0 Å². The quantitative estimate of drug-likeness (QED) is 0.120. The Hall–Kier alpha value is 1.74. The number of hydrogen-bond donors (Lipinski definition) is 3. The Kier molecular flexibility index (Phi) is 37.8. The molecular weight excluding hydrogens is 382 g/mol. The molecule has 0 aromatic heterocycles. The second-order valence-corrected chi connectivity index (χ2v) is 6.31. The van der Waals surface area contributed by atoms with Gasteiger partial charge in [0.25, 0.3) is 0 Å². The maximum Gasteiger partial charge on any atom is 1.00 e. The van der Waals surface area contributed by atoms with E-state index < -0.39 is 20.8 Å². The van der Waals surface area contributed by atoms with Gasteiger partial charge in [0.2, 0.25) is 10.4 Å². The monoisotopic (exact) mass is 410 g/mol. The van der Waals surface area contributed by atoms with Gasteiger partial charge in [0.05, 0.1) is 0 Å². The van der Waals surface area contributed by atoms with Crippen LogP contribution in [-0.4, -0.2) is 35.0 Å². The van der Waals surface area contributed by atoms with Gasteiger partial charge in [-0.05, 0) is 0 Å². The predicted octanol–water partition coefficient (Wildman–Crippen LogP) is -2.90. The Bertz CT molecular complexity index is 357. The summed E-state index contributed by atoms with van der Waals surface area (Å²) in [5, 5.41) is 0. The summed E-state index contributed by atoms with van der Waals surface area (Å²) in [5.41, 5.74) is 0. The van der Waals surface area contributed by atoms with E-state index in [2.05, 4.69) is 13.8 Å². The van der Waals surface area contributed by atoms with Crippen LogP contribution in [0.4, 0.5) is 0 Å². The van der Waals surface area contributed by atoms with Gasteiger partial charge in [0.1, 0.15) is 0 Å². The van der Waals surface area contributed by atoms with Crippen LogP contribution in [0.25, 0.3) is 0 Å². The van der Waals surface area contributed by atoms with Crippen molar-refractivity contribution in [3.8, 4) is 0 Å². The van der Waals surface area contributed by atoms with Crippen LogP contribution in [0.15, 0.2) is 0 Å². The summed E-state index contributed by atoms with van der Waals surface area (Å²) in [6.45, 7) is 6.12. The normalized spacial score (nSPS) is 10.1. The molecule has 0 bridgehead atoms. The molecule has 0 spiro atoms. The maximum atomic E-state index is 8.74. The summed E-state index contributed by atoms with van der Waals surface area (Å²) in [4.78, 5) is 0. The van der Waals surface area contributed by atoms with Crippen molar-refractivity contribution in [2.75, 3.05) is 0 Å². The first-order chi connectivity index (χ1) is 9.91. The van der Waals surface area contributed by atoms with Crippen LogP contribution in [0.5, 0.6) is 0 Å². The summed E-state index contributed by atoms with van der Waals surface area (Å²) in [5.74, 6) is 0. The molecule has 0 rings (SSSR count). The smallest absolute Gasteiger partial charge is 0.726 e. The van der Waals surface area contributed by atoms with E-state index in [-0.39, 0.29) is 59.1 Å². The second kappa shape index (κ2) is 24.7. The van der Waals surface area contributed by atoms with E-state index in [1.54, 1.807) is 0 Å². The third-order valence-corrected chi connectivity index (χ3v) is 2.35. The fraction of sp³-hybridized carbons (Fsp3) is 0.917. The van der Waals surface area contributed by atoms with Crippen LogP contribution in [0.2, 0.25) is 0 Å². The fourth-order valence-electron chi connectivity index (χ4n) is 1.49. The Morgan fingerprint density at radius 2 is 0.958 bits per heavy atom. The molecule has 0 saturated heterocycles. The predicted molar refractivity (Wildman–Crippen MR) is 83.7 cm³/mol. The zero-order valence-electron chi connectivity index (χ0n) is 15.0. The minimum Gasteiger partial charge on any atom is -0.726 e. The molecular formula is C12H28Na2O8S2. The van der Waals surface area contributed by atoms with E-state index in [0.29, 0.717) is 0 Å². The zero-order chi connectivity index (χ0) is 18.1. The second-order valence-electron chi connectivity index (χ2n) is 4.56. The van der Waals surface area contributed by atoms with Crippen LogP contribution < -0.4 is 59.1 Å². The van der Waals surface area contributed by atoms with E-state index >= 15 is 0 Å². The van der Waals surface area contributed by atoms with Crippen LogP contribution in [0.3, 0.4) is 0 Å². The molecule has 0 radical (unpaired) electrons. The van der Waals surface area contributed by atoms with Gasteiger partial charge in [-0.2, -0.15) is 14.8 Å². The molecule has 24 heavy (non-hydrogen) atoms. The third-order valence-electron chi connectivity index (χ3n) is 2.35. The van der Waals surface area contributed by atoms with Crippen LogP contribution in [0, 0.1) is 6.92 Å². The summed E-state index contributed by atoms with van der Waals surface area (Å²) in [6.07, 6.45) is 13.9. The largest absolute Gasteiger partial charge is 1.00 e. The first-order valence-corrected chi connectivity index (χ1v) is 9.85. The Labute approximate surface area is 191 Å². The molecule has 0 aromatic carbocycles. The number of hydrogen-bond acceptors (Lipinski definition) is 5. The topological polar surface area (TPSA) is 152 Å². The van der Waals surface area contributed by atoms with Gasteiger partial charge in [-0.3, -0.25) is 13.7 Å². The maximum absolute atomic E-state index is 8.74. The van der Waals surface area contributed by atoms with Crippen LogP contribution >= 0.6 is 0 Å². The van der Waals surface area contributed by atoms with Gasteiger partial charge < -0.3 is 11.5 Å². The van der Waals surface area contributed by atoms with E-state index in [1.807, 2.05) is 0 Å². The average Bonchev–Trinajstić information content (AvgIpc) is 2.28. The molecule has 0 aliphatic heterocycles. The number of rotatable bonds is 9. The number of unbranched alkanes of at least 4 members (excludes halogenated alkanes) is 9. The molecule has 0 heterocycles. The van der Waals surface area contributed by atoms with Crippen molar-refractivity contribution >= 4 is 20.8 Å². The van der Waals surface area contributed by atoms with Crippen LogP contribution in [0.1, 0.15) is 71.1 Å². The molecule has 12 heteroatoms. The van der Waals surface area contributed by atoms with Crippen molar-refractivity contribution in [2.24, 2.45) is 0 Å². The van der Waals surface area contributed by atoms with Crippen molar-refractivity contribution in [3.63, 3.8) is 0 Å². The van der Waals surface area contributed by atoms with E-state index in [9.17, 15) is 0 Å². The van der Waals surface area contributed by atoms with Gasteiger partial charge >= 0.3 is 69.5 Å². The fourth-order valence-corrected chi connectivity index (χ4v) is 1.49. The van der Waals surface area contributed by atoms with Gasteiger partial charge in [-0.25, -0.2) is 8.42 Å². The van der Waals surface area contributed by atoms with Gasteiger partial charge in [-0.15, -0.1) is 0 Å². The minimum absolute atomic E-state index is 0. The average molecular weight is 410 g/mol. The molecule has 0 saturated carbocycles. The first kappa shape index (κ1) is 36.6. The minimum atomic E-state index is -4.92.